The number of likely N-dealkylation sites (tertiary alicyclic amines) is 1. The molecule has 0 bridgehead atoms. The quantitative estimate of drug-likeness (QED) is 0.878. The van der Waals surface area contributed by atoms with Crippen molar-refractivity contribution in [1.82, 2.24) is 14.8 Å². The van der Waals surface area contributed by atoms with Gasteiger partial charge < -0.3 is 14.8 Å². The van der Waals surface area contributed by atoms with Crippen LogP contribution in [0.5, 0.6) is 0 Å². The lowest BCUT2D eigenvalue weighted by atomic mass is 10.2. The zero-order chi connectivity index (χ0) is 14.0. The molecule has 0 saturated carbocycles. The average Bonchev–Trinajstić information content (AvgIpc) is 2.87. The number of hydrogen-bond donors (Lipinski definition) is 1. The molecule has 1 saturated heterocycles. The summed E-state index contributed by atoms with van der Waals surface area (Å²) >= 11 is 0. The van der Waals surface area contributed by atoms with E-state index in [2.05, 4.69) is 43.8 Å². The number of nitrogens with one attached hydrogen (secondary N) is 1. The van der Waals surface area contributed by atoms with E-state index in [4.69, 9.17) is 0 Å². The number of aryl methyl sites for hydroxylation is 1. The second-order valence-electron chi connectivity index (χ2n) is 5.68. The maximum absolute atomic E-state index is 11.6. The molecular weight excluding hydrogens is 238 g/mol. The Morgan fingerprint density at radius 1 is 1.42 bits per heavy atom. The molecule has 0 radical (unpaired) electrons. The van der Waals surface area contributed by atoms with Crippen LogP contribution in [0.25, 0.3) is 0 Å². The number of nitrogens with zero attached hydrogens (tertiary/aromatic N) is 2. The standard InChI is InChI=1S/C15H25N3O/c1-11(10-18-7-5-6-15(18)19)16-9-14-8-12(2)17(4)13(14)3/h8,11,16H,5-7,9-10H2,1-4H3. The van der Waals surface area contributed by atoms with E-state index >= 15 is 0 Å². The van der Waals surface area contributed by atoms with Crippen LogP contribution >= 0.6 is 0 Å². The van der Waals surface area contributed by atoms with Gasteiger partial charge in [-0.25, -0.2) is 0 Å². The monoisotopic (exact) mass is 263 g/mol. The number of carbonyl (C=O) groups excluding carboxylic acids is 1. The molecule has 19 heavy (non-hydrogen) atoms. The number of amides is 1. The Kier molecular flexibility index (Phi) is 4.30. The molecule has 0 aliphatic carbocycles. The summed E-state index contributed by atoms with van der Waals surface area (Å²) in [6.45, 7) is 9.05. The van der Waals surface area contributed by atoms with E-state index in [0.717, 1.165) is 32.5 Å². The van der Waals surface area contributed by atoms with E-state index in [9.17, 15) is 4.79 Å². The molecular formula is C15H25N3O. The highest BCUT2D eigenvalue weighted by molar-refractivity contribution is 5.78. The highest BCUT2D eigenvalue weighted by Gasteiger charge is 2.21. The van der Waals surface area contributed by atoms with Gasteiger partial charge in [-0.05, 0) is 38.8 Å². The molecule has 0 spiro atoms. The van der Waals surface area contributed by atoms with Crippen LogP contribution in [0.15, 0.2) is 6.07 Å². The van der Waals surface area contributed by atoms with Crippen LogP contribution in [0.1, 0.15) is 36.7 Å². The first-order chi connectivity index (χ1) is 8.99. The van der Waals surface area contributed by atoms with Gasteiger partial charge in [-0.2, -0.15) is 0 Å². The van der Waals surface area contributed by atoms with Crippen molar-refractivity contribution >= 4 is 5.91 Å². The van der Waals surface area contributed by atoms with Gasteiger partial charge in [0.1, 0.15) is 0 Å². The number of carbonyl (C=O) groups is 1. The summed E-state index contributed by atoms with van der Waals surface area (Å²) in [7, 11) is 2.10. The molecule has 4 heteroatoms. The minimum atomic E-state index is 0.306. The normalized spacial score (nSPS) is 17.3. The predicted octanol–water partition coefficient (Wildman–Crippen LogP) is 1.74. The number of rotatable bonds is 5. The molecule has 106 valence electrons. The molecule has 1 N–H and O–H groups in total. The Balaban J connectivity index is 1.84. The predicted molar refractivity (Wildman–Crippen MR) is 77.0 cm³/mol. The van der Waals surface area contributed by atoms with Crippen molar-refractivity contribution in [2.24, 2.45) is 7.05 Å². The fourth-order valence-electron chi connectivity index (χ4n) is 2.69. The number of aromatic nitrogens is 1. The summed E-state index contributed by atoms with van der Waals surface area (Å²) < 4.78 is 2.21. The second kappa shape index (κ2) is 5.78. The lowest BCUT2D eigenvalue weighted by molar-refractivity contribution is -0.127. The summed E-state index contributed by atoms with van der Waals surface area (Å²) in [6.07, 6.45) is 1.74. The van der Waals surface area contributed by atoms with Crippen molar-refractivity contribution in [2.75, 3.05) is 13.1 Å². The summed E-state index contributed by atoms with van der Waals surface area (Å²) in [5.41, 5.74) is 3.95. The van der Waals surface area contributed by atoms with Gasteiger partial charge >= 0.3 is 0 Å². The Bertz CT molecular complexity index is 464. The highest BCUT2D eigenvalue weighted by Crippen LogP contribution is 2.14. The Labute approximate surface area is 115 Å². The van der Waals surface area contributed by atoms with Crippen LogP contribution in [-0.2, 0) is 18.4 Å². The van der Waals surface area contributed by atoms with Crippen molar-refractivity contribution in [3.8, 4) is 0 Å². The lowest BCUT2D eigenvalue weighted by Crippen LogP contribution is -2.39. The van der Waals surface area contributed by atoms with Crippen LogP contribution < -0.4 is 5.32 Å². The molecule has 2 heterocycles. The molecule has 1 aromatic heterocycles. The first-order valence-electron chi connectivity index (χ1n) is 7.12. The first-order valence-corrected chi connectivity index (χ1v) is 7.12. The van der Waals surface area contributed by atoms with Gasteiger partial charge in [0.05, 0.1) is 0 Å². The van der Waals surface area contributed by atoms with Gasteiger partial charge in [0, 0.05) is 50.5 Å². The van der Waals surface area contributed by atoms with Gasteiger partial charge in [-0.15, -0.1) is 0 Å². The molecule has 4 nitrogen and oxygen atoms in total. The van der Waals surface area contributed by atoms with Crippen molar-refractivity contribution in [3.63, 3.8) is 0 Å². The molecule has 1 fully saturated rings. The van der Waals surface area contributed by atoms with Gasteiger partial charge in [0.15, 0.2) is 0 Å². The maximum Gasteiger partial charge on any atom is 0.222 e. The summed E-state index contributed by atoms with van der Waals surface area (Å²) in [6, 6.07) is 2.57. The van der Waals surface area contributed by atoms with Crippen LogP contribution in [0, 0.1) is 13.8 Å². The second-order valence-corrected chi connectivity index (χ2v) is 5.68. The fourth-order valence-corrected chi connectivity index (χ4v) is 2.69. The Morgan fingerprint density at radius 2 is 2.16 bits per heavy atom. The third kappa shape index (κ3) is 3.18. The van der Waals surface area contributed by atoms with Crippen LogP contribution in [0.2, 0.25) is 0 Å². The minimum Gasteiger partial charge on any atom is -0.352 e. The van der Waals surface area contributed by atoms with E-state index in [1.807, 2.05) is 4.90 Å². The molecule has 1 unspecified atom stereocenters. The third-order valence-electron chi connectivity index (χ3n) is 4.19. The molecule has 1 aliphatic heterocycles. The van der Waals surface area contributed by atoms with Gasteiger partial charge in [-0.3, -0.25) is 4.79 Å². The van der Waals surface area contributed by atoms with Crippen molar-refractivity contribution in [1.29, 1.82) is 0 Å². The fraction of sp³-hybridized carbons (Fsp3) is 0.667. The van der Waals surface area contributed by atoms with Gasteiger partial charge in [0.25, 0.3) is 0 Å². The highest BCUT2D eigenvalue weighted by atomic mass is 16.2. The summed E-state index contributed by atoms with van der Waals surface area (Å²) in [5, 5.41) is 3.52. The Morgan fingerprint density at radius 3 is 2.68 bits per heavy atom. The van der Waals surface area contributed by atoms with Crippen molar-refractivity contribution in [3.05, 3.63) is 23.0 Å². The molecule has 1 aromatic rings. The van der Waals surface area contributed by atoms with Crippen LogP contribution in [0.4, 0.5) is 0 Å². The zero-order valence-corrected chi connectivity index (χ0v) is 12.5. The van der Waals surface area contributed by atoms with Crippen LogP contribution in [-0.4, -0.2) is 34.5 Å². The summed E-state index contributed by atoms with van der Waals surface area (Å²) in [5.74, 6) is 0.306. The van der Waals surface area contributed by atoms with E-state index in [1.165, 1.54) is 17.0 Å². The molecule has 2 rings (SSSR count). The third-order valence-corrected chi connectivity index (χ3v) is 4.19. The van der Waals surface area contributed by atoms with Gasteiger partial charge in [-0.1, -0.05) is 0 Å². The van der Waals surface area contributed by atoms with E-state index < -0.39 is 0 Å². The van der Waals surface area contributed by atoms with Crippen molar-refractivity contribution in [2.45, 2.75) is 46.2 Å². The number of hydrogen-bond acceptors (Lipinski definition) is 2. The van der Waals surface area contributed by atoms with Crippen LogP contribution in [0.3, 0.4) is 0 Å². The molecule has 1 atom stereocenters. The van der Waals surface area contributed by atoms with Gasteiger partial charge in [0.2, 0.25) is 5.91 Å². The van der Waals surface area contributed by atoms with E-state index in [1.54, 1.807) is 0 Å². The molecule has 1 amide bonds. The topological polar surface area (TPSA) is 37.3 Å². The van der Waals surface area contributed by atoms with E-state index in [-0.39, 0.29) is 0 Å². The zero-order valence-electron chi connectivity index (χ0n) is 12.5. The Hall–Kier alpha value is -1.29. The van der Waals surface area contributed by atoms with E-state index in [0.29, 0.717) is 11.9 Å². The summed E-state index contributed by atoms with van der Waals surface area (Å²) in [4.78, 5) is 13.6. The lowest BCUT2D eigenvalue weighted by Gasteiger charge is -2.21. The van der Waals surface area contributed by atoms with Crippen molar-refractivity contribution < 1.29 is 4.79 Å². The largest absolute Gasteiger partial charge is 0.352 e. The average molecular weight is 263 g/mol. The maximum atomic E-state index is 11.6. The minimum absolute atomic E-state index is 0.306. The molecule has 1 aliphatic rings. The SMILES string of the molecule is Cc1cc(CNC(C)CN2CCCC2=O)c(C)n1C. The smallest absolute Gasteiger partial charge is 0.222 e. The first kappa shape index (κ1) is 14.1. The molecule has 0 aromatic carbocycles.